The number of rotatable bonds is 5. The number of ether oxygens (including phenoxy) is 1. The highest BCUT2D eigenvalue weighted by atomic mass is 35.5. The summed E-state index contributed by atoms with van der Waals surface area (Å²) in [7, 11) is 0. The monoisotopic (exact) mass is 294 g/mol. The van der Waals surface area contributed by atoms with Gasteiger partial charge in [0.2, 0.25) is 0 Å². The maximum atomic E-state index is 13.6. The maximum absolute atomic E-state index is 13.6. The van der Waals surface area contributed by atoms with Crippen molar-refractivity contribution in [1.82, 2.24) is 0 Å². The first-order chi connectivity index (χ1) is 9.60. The Kier molecular flexibility index (Phi) is 4.99. The summed E-state index contributed by atoms with van der Waals surface area (Å²) in [4.78, 5) is 0. The SMILES string of the molecule is CC(CCO)c1ccc(Oc2ccc(Cl)cc2F)cc1. The lowest BCUT2D eigenvalue weighted by molar-refractivity contribution is 0.278. The van der Waals surface area contributed by atoms with Gasteiger partial charge in [-0.15, -0.1) is 0 Å². The van der Waals surface area contributed by atoms with Gasteiger partial charge in [0.25, 0.3) is 0 Å². The molecule has 0 radical (unpaired) electrons. The molecule has 0 spiro atoms. The molecule has 1 unspecified atom stereocenters. The molecule has 0 bridgehead atoms. The van der Waals surface area contributed by atoms with Gasteiger partial charge in [-0.2, -0.15) is 0 Å². The van der Waals surface area contributed by atoms with Crippen molar-refractivity contribution in [2.45, 2.75) is 19.3 Å². The van der Waals surface area contributed by atoms with Gasteiger partial charge in [-0.1, -0.05) is 30.7 Å². The Bertz CT molecular complexity index is 569. The third kappa shape index (κ3) is 3.71. The minimum absolute atomic E-state index is 0.144. The summed E-state index contributed by atoms with van der Waals surface area (Å²) in [6.45, 7) is 2.21. The fourth-order valence-corrected chi connectivity index (χ4v) is 2.07. The van der Waals surface area contributed by atoms with E-state index < -0.39 is 5.82 Å². The molecular weight excluding hydrogens is 279 g/mol. The number of aliphatic hydroxyl groups is 1. The van der Waals surface area contributed by atoms with Crippen molar-refractivity contribution in [3.05, 3.63) is 58.9 Å². The third-order valence-corrected chi connectivity index (χ3v) is 3.37. The lowest BCUT2D eigenvalue weighted by Crippen LogP contribution is -1.96. The van der Waals surface area contributed by atoms with Gasteiger partial charge in [0.15, 0.2) is 11.6 Å². The molecule has 0 aliphatic carbocycles. The molecule has 0 fully saturated rings. The lowest BCUT2D eigenvalue weighted by atomic mass is 9.98. The average Bonchev–Trinajstić information content (AvgIpc) is 2.43. The highest BCUT2D eigenvalue weighted by Crippen LogP contribution is 2.28. The predicted molar refractivity (Wildman–Crippen MR) is 78.0 cm³/mol. The first-order valence-electron chi connectivity index (χ1n) is 6.44. The molecule has 2 aromatic carbocycles. The summed E-state index contributed by atoms with van der Waals surface area (Å²) in [5.41, 5.74) is 1.11. The summed E-state index contributed by atoms with van der Waals surface area (Å²) in [6, 6.07) is 11.7. The lowest BCUT2D eigenvalue weighted by Gasteiger charge is -2.11. The number of hydrogen-bond donors (Lipinski definition) is 1. The fraction of sp³-hybridized carbons (Fsp3) is 0.250. The molecule has 0 saturated carbocycles. The van der Waals surface area contributed by atoms with Crippen LogP contribution in [-0.4, -0.2) is 11.7 Å². The molecular formula is C16H16ClFO2. The van der Waals surface area contributed by atoms with Crippen LogP contribution in [0.15, 0.2) is 42.5 Å². The molecule has 106 valence electrons. The van der Waals surface area contributed by atoms with E-state index in [1.807, 2.05) is 19.1 Å². The molecule has 4 heteroatoms. The van der Waals surface area contributed by atoms with E-state index >= 15 is 0 Å². The van der Waals surface area contributed by atoms with Crippen molar-refractivity contribution in [3.63, 3.8) is 0 Å². The highest BCUT2D eigenvalue weighted by molar-refractivity contribution is 6.30. The standard InChI is InChI=1S/C16H16ClFO2/c1-11(8-9-19)12-2-5-14(6-3-12)20-16-7-4-13(17)10-15(16)18/h2-7,10-11,19H,8-9H2,1H3. The van der Waals surface area contributed by atoms with Crippen LogP contribution < -0.4 is 4.74 Å². The van der Waals surface area contributed by atoms with Crippen molar-refractivity contribution < 1.29 is 14.2 Å². The van der Waals surface area contributed by atoms with Gasteiger partial charge >= 0.3 is 0 Å². The summed E-state index contributed by atoms with van der Waals surface area (Å²) in [5, 5.41) is 9.26. The highest BCUT2D eigenvalue weighted by Gasteiger charge is 2.07. The van der Waals surface area contributed by atoms with Gasteiger partial charge in [0.05, 0.1) is 0 Å². The molecule has 1 atom stereocenters. The Labute approximate surface area is 122 Å². The Morgan fingerprint density at radius 1 is 1.20 bits per heavy atom. The van der Waals surface area contributed by atoms with Gasteiger partial charge in [-0.25, -0.2) is 4.39 Å². The summed E-state index contributed by atoms with van der Waals surface area (Å²) < 4.78 is 19.1. The van der Waals surface area contributed by atoms with Gasteiger partial charge < -0.3 is 9.84 Å². The van der Waals surface area contributed by atoms with E-state index in [1.54, 1.807) is 18.2 Å². The van der Waals surface area contributed by atoms with Crippen molar-refractivity contribution in [1.29, 1.82) is 0 Å². The van der Waals surface area contributed by atoms with Gasteiger partial charge in [-0.05, 0) is 48.2 Å². The Balaban J connectivity index is 2.10. The van der Waals surface area contributed by atoms with Crippen molar-refractivity contribution >= 4 is 11.6 Å². The Morgan fingerprint density at radius 3 is 2.50 bits per heavy atom. The summed E-state index contributed by atoms with van der Waals surface area (Å²) >= 11 is 5.69. The third-order valence-electron chi connectivity index (χ3n) is 3.13. The summed E-state index contributed by atoms with van der Waals surface area (Å²) in [6.07, 6.45) is 0.714. The number of halogens is 2. The first kappa shape index (κ1) is 14.8. The van der Waals surface area contributed by atoms with E-state index in [2.05, 4.69) is 0 Å². The minimum atomic E-state index is -0.491. The van der Waals surface area contributed by atoms with Crippen LogP contribution in [0.4, 0.5) is 4.39 Å². The van der Waals surface area contributed by atoms with Crippen LogP contribution in [0.2, 0.25) is 5.02 Å². The normalized spacial score (nSPS) is 12.2. The van der Waals surface area contributed by atoms with Crippen LogP contribution in [0.5, 0.6) is 11.5 Å². The number of benzene rings is 2. The molecule has 0 saturated heterocycles. The van der Waals surface area contributed by atoms with Crippen molar-refractivity contribution in [2.75, 3.05) is 6.61 Å². The van der Waals surface area contributed by atoms with E-state index in [0.29, 0.717) is 17.2 Å². The largest absolute Gasteiger partial charge is 0.454 e. The zero-order valence-corrected chi connectivity index (χ0v) is 11.9. The van der Waals surface area contributed by atoms with Crippen LogP contribution >= 0.6 is 11.6 Å². The average molecular weight is 295 g/mol. The van der Waals surface area contributed by atoms with Crippen LogP contribution in [0, 0.1) is 5.82 Å². The first-order valence-corrected chi connectivity index (χ1v) is 6.81. The van der Waals surface area contributed by atoms with Crippen LogP contribution in [0.3, 0.4) is 0 Å². The molecule has 0 aliphatic rings. The Hall–Kier alpha value is -1.58. The smallest absolute Gasteiger partial charge is 0.167 e. The molecule has 0 aromatic heterocycles. The zero-order chi connectivity index (χ0) is 14.5. The van der Waals surface area contributed by atoms with Crippen molar-refractivity contribution in [3.8, 4) is 11.5 Å². The van der Waals surface area contributed by atoms with Crippen LogP contribution in [0.1, 0.15) is 24.8 Å². The van der Waals surface area contributed by atoms with E-state index in [0.717, 1.165) is 5.56 Å². The molecule has 0 heterocycles. The van der Waals surface area contributed by atoms with E-state index in [9.17, 15) is 4.39 Å². The maximum Gasteiger partial charge on any atom is 0.167 e. The molecule has 1 N–H and O–H groups in total. The van der Waals surface area contributed by atoms with Crippen molar-refractivity contribution in [2.24, 2.45) is 0 Å². The number of hydrogen-bond acceptors (Lipinski definition) is 2. The van der Waals surface area contributed by atoms with E-state index in [4.69, 9.17) is 21.4 Å². The molecule has 0 aliphatic heterocycles. The second-order valence-electron chi connectivity index (χ2n) is 4.66. The Morgan fingerprint density at radius 2 is 1.90 bits per heavy atom. The molecule has 0 amide bonds. The second kappa shape index (κ2) is 6.73. The van der Waals surface area contributed by atoms with Crippen LogP contribution in [0.25, 0.3) is 0 Å². The topological polar surface area (TPSA) is 29.5 Å². The molecule has 20 heavy (non-hydrogen) atoms. The van der Waals surface area contributed by atoms with Gasteiger partial charge in [0.1, 0.15) is 5.75 Å². The molecule has 2 aromatic rings. The minimum Gasteiger partial charge on any atom is -0.454 e. The number of aliphatic hydroxyl groups excluding tert-OH is 1. The molecule has 2 nitrogen and oxygen atoms in total. The van der Waals surface area contributed by atoms with Gasteiger partial charge in [0, 0.05) is 11.6 Å². The second-order valence-corrected chi connectivity index (χ2v) is 5.10. The molecule has 2 rings (SSSR count). The predicted octanol–water partition coefficient (Wildman–Crippen LogP) is 4.76. The van der Waals surface area contributed by atoms with Crippen LogP contribution in [-0.2, 0) is 0 Å². The van der Waals surface area contributed by atoms with E-state index in [1.165, 1.54) is 12.1 Å². The summed E-state index contributed by atoms with van der Waals surface area (Å²) in [5.74, 6) is 0.494. The fourth-order valence-electron chi connectivity index (χ4n) is 1.91. The van der Waals surface area contributed by atoms with E-state index in [-0.39, 0.29) is 18.3 Å². The van der Waals surface area contributed by atoms with Gasteiger partial charge in [-0.3, -0.25) is 0 Å². The quantitative estimate of drug-likeness (QED) is 0.861. The zero-order valence-electron chi connectivity index (χ0n) is 11.1.